The van der Waals surface area contributed by atoms with Gasteiger partial charge in [0.15, 0.2) is 0 Å². The highest BCUT2D eigenvalue weighted by molar-refractivity contribution is 7.89. The molecular formula is C16H19ClFN3O3S. The fourth-order valence-electron chi connectivity index (χ4n) is 3.02. The van der Waals surface area contributed by atoms with Gasteiger partial charge in [-0.15, -0.1) is 0 Å². The Morgan fingerprint density at radius 2 is 2.12 bits per heavy atom. The Morgan fingerprint density at radius 1 is 1.40 bits per heavy atom. The van der Waals surface area contributed by atoms with E-state index in [0.29, 0.717) is 26.1 Å². The van der Waals surface area contributed by atoms with E-state index < -0.39 is 15.4 Å². The Bertz CT molecular complexity index is 863. The van der Waals surface area contributed by atoms with Crippen molar-refractivity contribution in [1.82, 2.24) is 14.3 Å². The molecule has 9 heteroatoms. The van der Waals surface area contributed by atoms with Gasteiger partial charge in [-0.05, 0) is 30.5 Å². The van der Waals surface area contributed by atoms with E-state index in [-0.39, 0.29) is 22.5 Å². The molecule has 1 fully saturated rings. The molecule has 1 aromatic carbocycles. The second kappa shape index (κ2) is 7.03. The molecule has 136 valence electrons. The van der Waals surface area contributed by atoms with Crippen LogP contribution in [0.4, 0.5) is 4.39 Å². The summed E-state index contributed by atoms with van der Waals surface area (Å²) in [5, 5.41) is -0.169. The van der Waals surface area contributed by atoms with Crippen molar-refractivity contribution >= 4 is 21.6 Å². The van der Waals surface area contributed by atoms with Gasteiger partial charge in [0, 0.05) is 32.2 Å². The monoisotopic (exact) mass is 387 g/mol. The normalized spacial score (nSPS) is 17.6. The highest BCUT2D eigenvalue weighted by Crippen LogP contribution is 2.35. The fourth-order valence-corrected chi connectivity index (χ4v) is 4.58. The molecule has 0 bridgehead atoms. The number of hydrogen-bond acceptors (Lipinski definition) is 4. The highest BCUT2D eigenvalue weighted by Gasteiger charge is 2.36. The number of benzene rings is 1. The molecule has 25 heavy (non-hydrogen) atoms. The van der Waals surface area contributed by atoms with E-state index in [2.05, 4.69) is 9.71 Å². The molecule has 6 nitrogen and oxygen atoms in total. The van der Waals surface area contributed by atoms with Crippen LogP contribution >= 0.6 is 11.6 Å². The first-order valence-electron chi connectivity index (χ1n) is 7.84. The first-order chi connectivity index (χ1) is 11.8. The lowest BCUT2D eigenvalue weighted by Crippen LogP contribution is -2.44. The molecule has 1 aliphatic heterocycles. The lowest BCUT2D eigenvalue weighted by Gasteiger charge is -2.37. The van der Waals surface area contributed by atoms with Crippen LogP contribution < -0.4 is 4.72 Å². The molecule has 3 rings (SSSR count). The summed E-state index contributed by atoms with van der Waals surface area (Å²) in [6, 6.07) is 6.27. The van der Waals surface area contributed by atoms with Crippen LogP contribution in [-0.4, -0.2) is 37.7 Å². The molecule has 0 saturated carbocycles. The summed E-state index contributed by atoms with van der Waals surface area (Å²) in [6.45, 7) is 1.10. The van der Waals surface area contributed by atoms with Crippen LogP contribution in [0.3, 0.4) is 0 Å². The van der Waals surface area contributed by atoms with Crippen LogP contribution in [0.5, 0.6) is 0 Å². The average molecular weight is 388 g/mol. The van der Waals surface area contributed by atoms with E-state index in [4.69, 9.17) is 16.3 Å². The Kier molecular flexibility index (Phi) is 5.15. The maximum Gasteiger partial charge on any atom is 0.261 e. The number of nitrogens with zero attached hydrogens (tertiary/aromatic N) is 2. The second-order valence-corrected chi connectivity index (χ2v) is 8.22. The maximum absolute atomic E-state index is 13.7. The molecule has 2 heterocycles. The minimum Gasteiger partial charge on any atom is -0.381 e. The Morgan fingerprint density at radius 3 is 2.72 bits per heavy atom. The molecule has 0 atom stereocenters. The predicted octanol–water partition coefficient (Wildman–Crippen LogP) is 2.24. The van der Waals surface area contributed by atoms with E-state index in [1.807, 2.05) is 6.07 Å². The van der Waals surface area contributed by atoms with Crippen molar-refractivity contribution < 1.29 is 17.5 Å². The van der Waals surface area contributed by atoms with Crippen LogP contribution in [0.15, 0.2) is 35.6 Å². The van der Waals surface area contributed by atoms with Crippen LogP contribution in [0.1, 0.15) is 18.4 Å². The number of nitrogens with one attached hydrogen (secondary N) is 1. The number of hydrogen-bond donors (Lipinski definition) is 1. The molecule has 1 aromatic heterocycles. The third kappa shape index (κ3) is 3.72. The van der Waals surface area contributed by atoms with Crippen molar-refractivity contribution in [2.45, 2.75) is 23.3 Å². The lowest BCUT2D eigenvalue weighted by atomic mass is 9.74. The summed E-state index contributed by atoms with van der Waals surface area (Å²) >= 11 is 6.00. The van der Waals surface area contributed by atoms with Gasteiger partial charge >= 0.3 is 0 Å². The van der Waals surface area contributed by atoms with Crippen molar-refractivity contribution in [1.29, 1.82) is 0 Å². The number of imidazole rings is 1. The topological polar surface area (TPSA) is 73.2 Å². The van der Waals surface area contributed by atoms with E-state index in [1.54, 1.807) is 13.1 Å². The SMILES string of the molecule is Cn1cnc(S(=O)(=O)NCC2(c3cccc(F)c3)CCOCC2)c1Cl. The van der Waals surface area contributed by atoms with Gasteiger partial charge in [-0.3, -0.25) is 0 Å². The van der Waals surface area contributed by atoms with E-state index >= 15 is 0 Å². The molecule has 0 aliphatic carbocycles. The number of aryl methyl sites for hydroxylation is 1. The lowest BCUT2D eigenvalue weighted by molar-refractivity contribution is 0.0516. The largest absolute Gasteiger partial charge is 0.381 e. The third-order valence-electron chi connectivity index (χ3n) is 4.58. The van der Waals surface area contributed by atoms with Gasteiger partial charge in [-0.25, -0.2) is 22.5 Å². The number of halogens is 2. The summed E-state index contributed by atoms with van der Waals surface area (Å²) < 4.78 is 48.3. The van der Waals surface area contributed by atoms with E-state index in [1.165, 1.54) is 23.0 Å². The zero-order valence-electron chi connectivity index (χ0n) is 13.7. The Balaban J connectivity index is 1.88. The second-order valence-electron chi connectivity index (χ2n) is 6.18. The molecular weight excluding hydrogens is 369 g/mol. The van der Waals surface area contributed by atoms with Gasteiger partial charge in [0.2, 0.25) is 5.03 Å². The van der Waals surface area contributed by atoms with Gasteiger partial charge in [0.1, 0.15) is 11.0 Å². The quantitative estimate of drug-likeness (QED) is 0.853. The predicted molar refractivity (Wildman–Crippen MR) is 91.5 cm³/mol. The van der Waals surface area contributed by atoms with Gasteiger partial charge in [0.05, 0.1) is 6.33 Å². The molecule has 1 saturated heterocycles. The van der Waals surface area contributed by atoms with Crippen LogP contribution in [0, 0.1) is 5.82 Å². The Hall–Kier alpha value is -1.48. The zero-order chi connectivity index (χ0) is 18.1. The third-order valence-corrected chi connectivity index (χ3v) is 6.47. The summed E-state index contributed by atoms with van der Waals surface area (Å²) in [5.41, 5.74) is 0.222. The summed E-state index contributed by atoms with van der Waals surface area (Å²) in [6.07, 6.45) is 2.53. The van der Waals surface area contributed by atoms with Gasteiger partial charge in [-0.2, -0.15) is 0 Å². The van der Waals surface area contributed by atoms with Crippen LogP contribution in [0.25, 0.3) is 0 Å². The number of rotatable bonds is 5. The zero-order valence-corrected chi connectivity index (χ0v) is 15.3. The number of ether oxygens (including phenoxy) is 1. The summed E-state index contributed by atoms with van der Waals surface area (Å²) in [4.78, 5) is 3.86. The molecule has 0 radical (unpaired) electrons. The standard InChI is InChI=1S/C16H19ClFN3O3S/c1-21-11-19-15(14(21)17)25(22,23)20-10-16(5-7-24-8-6-16)12-3-2-4-13(18)9-12/h2-4,9,11,20H,5-8,10H2,1H3. The van der Waals surface area contributed by atoms with Crippen molar-refractivity contribution in [3.05, 3.63) is 47.1 Å². The molecule has 1 N–H and O–H groups in total. The average Bonchev–Trinajstić information content (AvgIpc) is 2.94. The minimum absolute atomic E-state index is 0.0410. The molecule has 0 spiro atoms. The first kappa shape index (κ1) is 18.3. The molecule has 0 amide bonds. The van der Waals surface area contributed by atoms with Crippen molar-refractivity contribution in [2.75, 3.05) is 19.8 Å². The van der Waals surface area contributed by atoms with Crippen molar-refractivity contribution in [2.24, 2.45) is 7.05 Å². The van der Waals surface area contributed by atoms with Gasteiger partial charge in [0.25, 0.3) is 10.0 Å². The maximum atomic E-state index is 13.7. The van der Waals surface area contributed by atoms with Crippen molar-refractivity contribution in [3.63, 3.8) is 0 Å². The molecule has 2 aromatic rings. The fraction of sp³-hybridized carbons (Fsp3) is 0.438. The molecule has 0 unspecified atom stereocenters. The van der Waals surface area contributed by atoms with Gasteiger partial charge < -0.3 is 9.30 Å². The van der Waals surface area contributed by atoms with Gasteiger partial charge in [-0.1, -0.05) is 23.7 Å². The number of sulfonamides is 1. The minimum atomic E-state index is -3.87. The van der Waals surface area contributed by atoms with E-state index in [0.717, 1.165) is 5.56 Å². The number of aromatic nitrogens is 2. The first-order valence-corrected chi connectivity index (χ1v) is 9.70. The highest BCUT2D eigenvalue weighted by atomic mass is 35.5. The van der Waals surface area contributed by atoms with Crippen LogP contribution in [-0.2, 0) is 27.2 Å². The summed E-state index contributed by atoms with van der Waals surface area (Å²) in [7, 11) is -2.26. The smallest absolute Gasteiger partial charge is 0.261 e. The Labute approximate surface area is 151 Å². The molecule has 1 aliphatic rings. The summed E-state index contributed by atoms with van der Waals surface area (Å²) in [5.74, 6) is -0.348. The van der Waals surface area contributed by atoms with Crippen LogP contribution in [0.2, 0.25) is 5.15 Å². The van der Waals surface area contributed by atoms with Crippen molar-refractivity contribution in [3.8, 4) is 0 Å². The van der Waals surface area contributed by atoms with E-state index in [9.17, 15) is 12.8 Å².